The van der Waals surface area contributed by atoms with Gasteiger partial charge in [-0.15, -0.1) is 0 Å². The van der Waals surface area contributed by atoms with Crippen molar-refractivity contribution in [2.75, 3.05) is 12.3 Å². The number of hydrogen-bond donors (Lipinski definition) is 1. The van der Waals surface area contributed by atoms with Crippen LogP contribution in [0.1, 0.15) is 11.3 Å². The number of aromatic nitrogens is 1. The highest BCUT2D eigenvalue weighted by molar-refractivity contribution is 7.98. The molecule has 1 heterocycles. The van der Waals surface area contributed by atoms with E-state index in [1.54, 1.807) is 0 Å². The van der Waals surface area contributed by atoms with Crippen molar-refractivity contribution in [2.45, 2.75) is 12.7 Å². The average molecular weight is 232 g/mol. The summed E-state index contributed by atoms with van der Waals surface area (Å²) in [6.45, 7) is 2.79. The Hall–Kier alpha value is -1.06. The second-order valence-corrected chi connectivity index (χ2v) is 4.89. The van der Waals surface area contributed by atoms with Crippen LogP contribution >= 0.6 is 11.8 Å². The van der Waals surface area contributed by atoms with Crippen molar-refractivity contribution in [3.8, 4) is 0 Å². The highest BCUT2D eigenvalue weighted by atomic mass is 32.2. The van der Waals surface area contributed by atoms with Crippen molar-refractivity contribution in [3.63, 3.8) is 0 Å². The Morgan fingerprint density at radius 3 is 2.94 bits per heavy atom. The molecule has 0 saturated carbocycles. The Kier molecular flexibility index (Phi) is 3.80. The van der Waals surface area contributed by atoms with Gasteiger partial charge in [0.2, 0.25) is 0 Å². The van der Waals surface area contributed by atoms with Crippen molar-refractivity contribution >= 4 is 22.7 Å². The second kappa shape index (κ2) is 5.32. The maximum Gasteiger partial charge on any atom is 0.0708 e. The number of para-hydroxylation sites is 1. The van der Waals surface area contributed by atoms with Crippen molar-refractivity contribution in [2.24, 2.45) is 5.73 Å². The predicted octanol–water partition coefficient (Wildman–Crippen LogP) is 2.74. The van der Waals surface area contributed by atoms with E-state index in [2.05, 4.69) is 29.2 Å². The van der Waals surface area contributed by atoms with Crippen molar-refractivity contribution < 1.29 is 0 Å². The van der Waals surface area contributed by atoms with E-state index in [4.69, 9.17) is 5.73 Å². The summed E-state index contributed by atoms with van der Waals surface area (Å²) in [5.74, 6) is 2.02. The Labute approximate surface area is 100 Å². The molecule has 16 heavy (non-hydrogen) atoms. The molecule has 3 heteroatoms. The summed E-state index contributed by atoms with van der Waals surface area (Å²) in [6.07, 6.45) is 0. The molecule has 2 nitrogen and oxygen atoms in total. The van der Waals surface area contributed by atoms with Crippen molar-refractivity contribution in [1.82, 2.24) is 4.98 Å². The van der Waals surface area contributed by atoms with Gasteiger partial charge in [-0.1, -0.05) is 18.2 Å². The fourth-order valence-electron chi connectivity index (χ4n) is 1.78. The smallest absolute Gasteiger partial charge is 0.0708 e. The second-order valence-electron chi connectivity index (χ2n) is 3.78. The van der Waals surface area contributed by atoms with Gasteiger partial charge in [0.15, 0.2) is 0 Å². The third-order valence-electron chi connectivity index (χ3n) is 2.45. The van der Waals surface area contributed by atoms with Crippen LogP contribution in [0.2, 0.25) is 0 Å². The van der Waals surface area contributed by atoms with E-state index in [9.17, 15) is 0 Å². The lowest BCUT2D eigenvalue weighted by Gasteiger charge is -2.07. The van der Waals surface area contributed by atoms with Crippen molar-refractivity contribution in [1.29, 1.82) is 0 Å². The zero-order valence-electron chi connectivity index (χ0n) is 9.44. The number of benzene rings is 1. The Morgan fingerprint density at radius 1 is 1.31 bits per heavy atom. The molecule has 0 spiro atoms. The van der Waals surface area contributed by atoms with Crippen LogP contribution in [0.3, 0.4) is 0 Å². The summed E-state index contributed by atoms with van der Waals surface area (Å²) < 4.78 is 0. The van der Waals surface area contributed by atoms with E-state index >= 15 is 0 Å². The molecule has 2 aromatic rings. The van der Waals surface area contributed by atoms with Gasteiger partial charge in [0.05, 0.1) is 5.52 Å². The van der Waals surface area contributed by atoms with Crippen LogP contribution in [0.5, 0.6) is 0 Å². The molecule has 1 aromatic carbocycles. The lowest BCUT2D eigenvalue weighted by Crippen LogP contribution is -2.01. The number of pyridine rings is 1. The molecule has 0 aliphatic rings. The molecule has 2 N–H and O–H groups in total. The van der Waals surface area contributed by atoms with Crippen LogP contribution in [0.15, 0.2) is 30.3 Å². The average Bonchev–Trinajstić information content (AvgIpc) is 2.29. The monoisotopic (exact) mass is 232 g/mol. The molecule has 84 valence electrons. The topological polar surface area (TPSA) is 38.9 Å². The zero-order valence-corrected chi connectivity index (χ0v) is 10.3. The number of thioether (sulfide) groups is 1. The summed E-state index contributed by atoms with van der Waals surface area (Å²) in [5.41, 5.74) is 9.04. The number of fused-ring (bicyclic) bond motifs is 1. The van der Waals surface area contributed by atoms with Gasteiger partial charge in [0.25, 0.3) is 0 Å². The first-order valence-corrected chi connectivity index (χ1v) is 6.60. The maximum absolute atomic E-state index is 5.50. The Bertz CT molecular complexity index is 482. The molecule has 0 aliphatic carbocycles. The van der Waals surface area contributed by atoms with E-state index in [0.29, 0.717) is 0 Å². The lowest BCUT2D eigenvalue weighted by molar-refractivity contribution is 1.15. The summed E-state index contributed by atoms with van der Waals surface area (Å²) in [7, 11) is 0. The first kappa shape index (κ1) is 11.4. The molecule has 0 amide bonds. The Morgan fingerprint density at radius 2 is 2.12 bits per heavy atom. The van der Waals surface area contributed by atoms with Crippen LogP contribution in [0, 0.1) is 6.92 Å². The number of nitrogens with two attached hydrogens (primary N) is 1. The third-order valence-corrected chi connectivity index (χ3v) is 3.49. The van der Waals surface area contributed by atoms with Gasteiger partial charge in [-0.2, -0.15) is 11.8 Å². The van der Waals surface area contributed by atoms with E-state index in [1.165, 1.54) is 10.9 Å². The predicted molar refractivity (Wildman–Crippen MR) is 71.7 cm³/mol. The maximum atomic E-state index is 5.50. The largest absolute Gasteiger partial charge is 0.330 e. The normalized spacial score (nSPS) is 10.9. The number of aryl methyl sites for hydroxylation is 1. The van der Waals surface area contributed by atoms with Gasteiger partial charge in [-0.05, 0) is 24.6 Å². The standard InChI is InChI=1S/C13H16N2S/c1-10-8-11(9-16-7-6-14)12-4-2-3-5-13(12)15-10/h2-5,8H,6-7,9,14H2,1H3. The van der Waals surface area contributed by atoms with Crippen LogP contribution < -0.4 is 5.73 Å². The molecular weight excluding hydrogens is 216 g/mol. The summed E-state index contributed by atoms with van der Waals surface area (Å²) in [5, 5.41) is 1.26. The molecular formula is C13H16N2S. The van der Waals surface area contributed by atoms with Gasteiger partial charge < -0.3 is 5.73 Å². The van der Waals surface area contributed by atoms with E-state index in [0.717, 1.165) is 29.3 Å². The minimum atomic E-state index is 0.743. The number of hydrogen-bond acceptors (Lipinski definition) is 3. The fourth-order valence-corrected chi connectivity index (χ4v) is 2.55. The SMILES string of the molecule is Cc1cc(CSCCN)c2ccccc2n1. The van der Waals surface area contributed by atoms with Crippen molar-refractivity contribution in [3.05, 3.63) is 41.6 Å². The number of rotatable bonds is 4. The van der Waals surface area contributed by atoms with E-state index in [1.807, 2.05) is 24.8 Å². The molecule has 0 bridgehead atoms. The molecule has 1 aromatic heterocycles. The minimum absolute atomic E-state index is 0.743. The van der Waals surface area contributed by atoms with E-state index < -0.39 is 0 Å². The summed E-state index contributed by atoms with van der Waals surface area (Å²) >= 11 is 1.88. The van der Waals surface area contributed by atoms with Gasteiger partial charge in [-0.25, -0.2) is 0 Å². The number of nitrogens with zero attached hydrogens (tertiary/aromatic N) is 1. The molecule has 2 rings (SSSR count). The van der Waals surface area contributed by atoms with Gasteiger partial charge >= 0.3 is 0 Å². The van der Waals surface area contributed by atoms with Crippen LogP contribution in [-0.2, 0) is 5.75 Å². The molecule has 0 unspecified atom stereocenters. The van der Waals surface area contributed by atoms with Gasteiger partial charge in [0.1, 0.15) is 0 Å². The molecule has 0 radical (unpaired) electrons. The van der Waals surface area contributed by atoms with Gasteiger partial charge in [0, 0.05) is 29.1 Å². The highest BCUT2D eigenvalue weighted by Gasteiger charge is 2.03. The summed E-state index contributed by atoms with van der Waals surface area (Å²) in [4.78, 5) is 4.53. The van der Waals surface area contributed by atoms with E-state index in [-0.39, 0.29) is 0 Å². The molecule has 0 atom stereocenters. The first-order chi connectivity index (χ1) is 7.81. The quantitative estimate of drug-likeness (QED) is 0.824. The summed E-state index contributed by atoms with van der Waals surface area (Å²) in [6, 6.07) is 10.5. The first-order valence-electron chi connectivity index (χ1n) is 5.44. The van der Waals surface area contributed by atoms with Crippen LogP contribution in [0.4, 0.5) is 0 Å². The van der Waals surface area contributed by atoms with Crippen LogP contribution in [-0.4, -0.2) is 17.3 Å². The van der Waals surface area contributed by atoms with Gasteiger partial charge in [-0.3, -0.25) is 4.98 Å². The molecule has 0 saturated heterocycles. The minimum Gasteiger partial charge on any atom is -0.330 e. The fraction of sp³-hybridized carbons (Fsp3) is 0.308. The lowest BCUT2D eigenvalue weighted by atomic mass is 10.1. The Balaban J connectivity index is 2.34. The highest BCUT2D eigenvalue weighted by Crippen LogP contribution is 2.22. The molecule has 0 aliphatic heterocycles. The zero-order chi connectivity index (χ0) is 11.4. The van der Waals surface area contributed by atoms with Crippen LogP contribution in [0.25, 0.3) is 10.9 Å². The molecule has 0 fully saturated rings. The third kappa shape index (κ3) is 2.54.